The highest BCUT2D eigenvalue weighted by atomic mass is 16.5. The van der Waals surface area contributed by atoms with Crippen LogP contribution in [0.4, 0.5) is 0 Å². The number of rotatable bonds is 8. The lowest BCUT2D eigenvalue weighted by molar-refractivity contribution is 0.336. The zero-order valence-corrected chi connectivity index (χ0v) is 15.2. The molecule has 0 spiro atoms. The van der Waals surface area contributed by atoms with Crippen molar-refractivity contribution in [2.24, 2.45) is 4.99 Å². The van der Waals surface area contributed by atoms with Gasteiger partial charge in [-0.15, -0.1) is 0 Å². The van der Waals surface area contributed by atoms with Gasteiger partial charge in [-0.25, -0.2) is 0 Å². The third-order valence-electron chi connectivity index (χ3n) is 3.80. The fourth-order valence-corrected chi connectivity index (χ4v) is 2.47. The molecule has 2 aromatic rings. The van der Waals surface area contributed by atoms with Gasteiger partial charge in [0.15, 0.2) is 5.96 Å². The number of hydrogen-bond donors (Lipinski definition) is 2. The summed E-state index contributed by atoms with van der Waals surface area (Å²) in [6, 6.07) is 16.1. The van der Waals surface area contributed by atoms with Crippen LogP contribution in [0.1, 0.15) is 18.1 Å². The second-order valence-corrected chi connectivity index (χ2v) is 5.49. The SMILES string of the molecule is CCOc1ccccc1CCNC(=NC)NCc1ccc(OC)cc1. The minimum atomic E-state index is 0.676. The predicted octanol–water partition coefficient (Wildman–Crippen LogP) is 3.00. The van der Waals surface area contributed by atoms with Crippen molar-refractivity contribution in [1.82, 2.24) is 10.6 Å². The quantitative estimate of drug-likeness (QED) is 0.572. The molecule has 0 aliphatic carbocycles. The van der Waals surface area contributed by atoms with Gasteiger partial charge in [0, 0.05) is 20.1 Å². The molecule has 0 radical (unpaired) electrons. The number of guanidine groups is 1. The molecule has 5 nitrogen and oxygen atoms in total. The number of aliphatic imine (C=N–C) groups is 1. The van der Waals surface area contributed by atoms with Crippen LogP contribution in [0.5, 0.6) is 11.5 Å². The minimum Gasteiger partial charge on any atom is -0.497 e. The maximum Gasteiger partial charge on any atom is 0.191 e. The first-order chi connectivity index (χ1) is 12.3. The molecule has 0 bridgehead atoms. The van der Waals surface area contributed by atoms with Crippen molar-refractivity contribution in [2.45, 2.75) is 19.9 Å². The molecule has 0 unspecified atom stereocenters. The maximum atomic E-state index is 5.66. The van der Waals surface area contributed by atoms with E-state index in [1.165, 1.54) is 11.1 Å². The monoisotopic (exact) mass is 341 g/mol. The molecule has 0 fully saturated rings. The van der Waals surface area contributed by atoms with E-state index in [0.29, 0.717) is 13.2 Å². The Kier molecular flexibility index (Phi) is 7.63. The molecule has 0 heterocycles. The Morgan fingerprint density at radius 3 is 2.48 bits per heavy atom. The average molecular weight is 341 g/mol. The molecule has 2 aromatic carbocycles. The topological polar surface area (TPSA) is 54.9 Å². The van der Waals surface area contributed by atoms with Crippen LogP contribution < -0.4 is 20.1 Å². The van der Waals surface area contributed by atoms with Crippen molar-refractivity contribution in [2.75, 3.05) is 27.3 Å². The Bertz CT molecular complexity index is 669. The standard InChI is InChI=1S/C20H27N3O2/c1-4-25-19-8-6-5-7-17(19)13-14-22-20(21-2)23-15-16-9-11-18(24-3)12-10-16/h5-12H,4,13-15H2,1-3H3,(H2,21,22,23). The van der Waals surface area contributed by atoms with Crippen molar-refractivity contribution in [3.8, 4) is 11.5 Å². The highest BCUT2D eigenvalue weighted by molar-refractivity contribution is 5.79. The molecule has 2 rings (SSSR count). The van der Waals surface area contributed by atoms with Crippen LogP contribution in [0.15, 0.2) is 53.5 Å². The van der Waals surface area contributed by atoms with E-state index >= 15 is 0 Å². The van der Waals surface area contributed by atoms with Gasteiger partial charge in [-0.05, 0) is 42.7 Å². The van der Waals surface area contributed by atoms with Crippen LogP contribution in [0.2, 0.25) is 0 Å². The first kappa shape index (κ1) is 18.6. The van der Waals surface area contributed by atoms with E-state index in [1.54, 1.807) is 14.2 Å². The average Bonchev–Trinajstić information content (AvgIpc) is 2.66. The molecule has 0 aromatic heterocycles. The first-order valence-electron chi connectivity index (χ1n) is 8.55. The summed E-state index contributed by atoms with van der Waals surface area (Å²) in [7, 11) is 3.44. The van der Waals surface area contributed by atoms with Gasteiger partial charge in [0.2, 0.25) is 0 Å². The fraction of sp³-hybridized carbons (Fsp3) is 0.350. The zero-order chi connectivity index (χ0) is 17.9. The molecule has 5 heteroatoms. The Morgan fingerprint density at radius 1 is 1.04 bits per heavy atom. The summed E-state index contributed by atoms with van der Waals surface area (Å²) in [5.74, 6) is 2.59. The number of hydrogen-bond acceptors (Lipinski definition) is 3. The Morgan fingerprint density at radius 2 is 1.80 bits per heavy atom. The van der Waals surface area contributed by atoms with Crippen molar-refractivity contribution in [3.05, 3.63) is 59.7 Å². The number of nitrogens with one attached hydrogen (secondary N) is 2. The first-order valence-corrected chi connectivity index (χ1v) is 8.55. The normalized spacial score (nSPS) is 11.1. The third kappa shape index (κ3) is 6.03. The molecule has 25 heavy (non-hydrogen) atoms. The lowest BCUT2D eigenvalue weighted by Crippen LogP contribution is -2.37. The molecule has 0 saturated heterocycles. The molecular weight excluding hydrogens is 314 g/mol. The number of nitrogens with zero attached hydrogens (tertiary/aromatic N) is 1. The van der Waals surface area contributed by atoms with Crippen LogP contribution in [0.25, 0.3) is 0 Å². The zero-order valence-electron chi connectivity index (χ0n) is 15.2. The molecule has 0 amide bonds. The van der Waals surface area contributed by atoms with Gasteiger partial charge in [-0.1, -0.05) is 30.3 Å². The molecule has 0 saturated carbocycles. The number of ether oxygens (including phenoxy) is 2. The van der Waals surface area contributed by atoms with Crippen molar-refractivity contribution < 1.29 is 9.47 Å². The van der Waals surface area contributed by atoms with Gasteiger partial charge in [0.1, 0.15) is 11.5 Å². The van der Waals surface area contributed by atoms with E-state index in [1.807, 2.05) is 49.4 Å². The van der Waals surface area contributed by atoms with E-state index in [0.717, 1.165) is 30.4 Å². The lowest BCUT2D eigenvalue weighted by atomic mass is 10.1. The van der Waals surface area contributed by atoms with Crippen LogP contribution in [0, 0.1) is 0 Å². The Balaban J connectivity index is 1.80. The van der Waals surface area contributed by atoms with E-state index in [9.17, 15) is 0 Å². The second kappa shape index (κ2) is 10.2. The molecule has 134 valence electrons. The van der Waals surface area contributed by atoms with Gasteiger partial charge in [0.25, 0.3) is 0 Å². The van der Waals surface area contributed by atoms with Gasteiger partial charge in [-0.2, -0.15) is 0 Å². The largest absolute Gasteiger partial charge is 0.497 e. The summed E-state index contributed by atoms with van der Waals surface area (Å²) < 4.78 is 10.8. The third-order valence-corrected chi connectivity index (χ3v) is 3.80. The number of methoxy groups -OCH3 is 1. The van der Waals surface area contributed by atoms with Crippen LogP contribution in [0.3, 0.4) is 0 Å². The Hall–Kier alpha value is -2.69. The van der Waals surface area contributed by atoms with Gasteiger partial charge in [-0.3, -0.25) is 4.99 Å². The number of benzene rings is 2. The summed E-state index contributed by atoms with van der Waals surface area (Å²) in [4.78, 5) is 4.27. The van der Waals surface area contributed by atoms with Crippen molar-refractivity contribution in [1.29, 1.82) is 0 Å². The summed E-state index contributed by atoms with van der Waals surface area (Å²) in [5, 5.41) is 6.65. The smallest absolute Gasteiger partial charge is 0.191 e. The summed E-state index contributed by atoms with van der Waals surface area (Å²) >= 11 is 0. The van der Waals surface area contributed by atoms with E-state index in [2.05, 4.69) is 21.7 Å². The van der Waals surface area contributed by atoms with Gasteiger partial charge < -0.3 is 20.1 Å². The molecular formula is C20H27N3O2. The number of para-hydroxylation sites is 1. The Labute approximate surface area is 150 Å². The van der Waals surface area contributed by atoms with Gasteiger partial charge in [0.05, 0.1) is 13.7 Å². The van der Waals surface area contributed by atoms with Gasteiger partial charge >= 0.3 is 0 Å². The van der Waals surface area contributed by atoms with Crippen molar-refractivity contribution >= 4 is 5.96 Å². The highest BCUT2D eigenvalue weighted by Gasteiger charge is 2.03. The molecule has 2 N–H and O–H groups in total. The second-order valence-electron chi connectivity index (χ2n) is 5.49. The summed E-state index contributed by atoms with van der Waals surface area (Å²) in [6.07, 6.45) is 0.874. The maximum absolute atomic E-state index is 5.66. The molecule has 0 aliphatic heterocycles. The highest BCUT2D eigenvalue weighted by Crippen LogP contribution is 2.18. The molecule has 0 atom stereocenters. The van der Waals surface area contributed by atoms with E-state index in [-0.39, 0.29) is 0 Å². The van der Waals surface area contributed by atoms with Crippen LogP contribution in [-0.4, -0.2) is 33.3 Å². The molecule has 0 aliphatic rings. The van der Waals surface area contributed by atoms with Crippen LogP contribution >= 0.6 is 0 Å². The fourth-order valence-electron chi connectivity index (χ4n) is 2.47. The summed E-state index contributed by atoms with van der Waals surface area (Å²) in [5.41, 5.74) is 2.37. The summed E-state index contributed by atoms with van der Waals surface area (Å²) in [6.45, 7) is 4.17. The minimum absolute atomic E-state index is 0.676. The van der Waals surface area contributed by atoms with E-state index in [4.69, 9.17) is 9.47 Å². The lowest BCUT2D eigenvalue weighted by Gasteiger charge is -2.14. The van der Waals surface area contributed by atoms with E-state index < -0.39 is 0 Å². The van der Waals surface area contributed by atoms with Crippen molar-refractivity contribution in [3.63, 3.8) is 0 Å². The van der Waals surface area contributed by atoms with Crippen LogP contribution in [-0.2, 0) is 13.0 Å². The predicted molar refractivity (Wildman–Crippen MR) is 103 cm³/mol.